The van der Waals surface area contributed by atoms with Crippen LogP contribution in [0, 0.1) is 0 Å². The first kappa shape index (κ1) is 16.4. The highest BCUT2D eigenvalue weighted by Crippen LogP contribution is 2.00. The van der Waals surface area contributed by atoms with E-state index in [0.29, 0.717) is 13.1 Å². The van der Waals surface area contributed by atoms with Gasteiger partial charge in [-0.2, -0.15) is 0 Å². The summed E-state index contributed by atoms with van der Waals surface area (Å²) >= 11 is 0. The van der Waals surface area contributed by atoms with Crippen LogP contribution in [0.2, 0.25) is 0 Å². The van der Waals surface area contributed by atoms with E-state index in [-0.39, 0.29) is 37.6 Å². The van der Waals surface area contributed by atoms with Gasteiger partial charge in [0.05, 0.1) is 0 Å². The van der Waals surface area contributed by atoms with Crippen LogP contribution in [0.5, 0.6) is 0 Å². The van der Waals surface area contributed by atoms with Gasteiger partial charge in [-0.05, 0) is 6.42 Å². The number of rotatable bonds is 7. The molecule has 20 heavy (non-hydrogen) atoms. The predicted octanol–water partition coefficient (Wildman–Crippen LogP) is -1.88. The van der Waals surface area contributed by atoms with Gasteiger partial charge in [0.25, 0.3) is 0 Å². The largest absolute Gasteiger partial charge is 0.480 e. The molecule has 1 unspecified atom stereocenters. The number of nitrogens with two attached hydrogens (primary N) is 1. The molecule has 5 N–H and O–H groups in total. The molecule has 1 aliphatic heterocycles. The highest BCUT2D eigenvalue weighted by atomic mass is 16.4. The summed E-state index contributed by atoms with van der Waals surface area (Å²) in [5.74, 6) is -1.37. The van der Waals surface area contributed by atoms with Crippen LogP contribution in [0.1, 0.15) is 19.3 Å². The van der Waals surface area contributed by atoms with Crippen molar-refractivity contribution in [3.8, 4) is 0 Å². The van der Waals surface area contributed by atoms with Crippen molar-refractivity contribution in [1.82, 2.24) is 15.5 Å². The molecular formula is C12H22N4O4. The Kier molecular flexibility index (Phi) is 6.96. The predicted molar refractivity (Wildman–Crippen MR) is 71.9 cm³/mol. The van der Waals surface area contributed by atoms with Crippen LogP contribution in [-0.2, 0) is 14.4 Å². The van der Waals surface area contributed by atoms with Gasteiger partial charge in [-0.1, -0.05) is 0 Å². The van der Waals surface area contributed by atoms with Crippen LogP contribution in [0.15, 0.2) is 0 Å². The van der Waals surface area contributed by atoms with Crippen molar-refractivity contribution in [3.63, 3.8) is 0 Å². The van der Waals surface area contributed by atoms with E-state index < -0.39 is 12.0 Å². The number of carbonyl (C=O) groups excluding carboxylic acids is 2. The van der Waals surface area contributed by atoms with Crippen LogP contribution >= 0.6 is 0 Å². The minimum absolute atomic E-state index is 0.0242. The first-order chi connectivity index (χ1) is 9.50. The van der Waals surface area contributed by atoms with Gasteiger partial charge in [-0.3, -0.25) is 14.4 Å². The van der Waals surface area contributed by atoms with Crippen molar-refractivity contribution >= 4 is 17.8 Å². The lowest BCUT2D eigenvalue weighted by molar-refractivity contribution is -0.138. The second kappa shape index (κ2) is 8.49. The normalized spacial score (nSPS) is 16.6. The van der Waals surface area contributed by atoms with E-state index in [1.54, 1.807) is 4.90 Å². The summed E-state index contributed by atoms with van der Waals surface area (Å²) in [6, 6.07) is -0.974. The molecule has 0 aromatic heterocycles. The molecule has 114 valence electrons. The minimum Gasteiger partial charge on any atom is -0.480 e. The third-order valence-electron chi connectivity index (χ3n) is 3.13. The standard InChI is InChI=1S/C12H22N4O4/c13-9(12(19)20)3-4-15-10(17)1-2-11(18)16-7-5-14-6-8-16/h9,14H,1-8,13H2,(H,15,17)(H,19,20). The van der Waals surface area contributed by atoms with Gasteiger partial charge in [0.2, 0.25) is 11.8 Å². The summed E-state index contributed by atoms with van der Waals surface area (Å²) in [7, 11) is 0. The second-order valence-electron chi connectivity index (χ2n) is 4.71. The van der Waals surface area contributed by atoms with Crippen LogP contribution in [-0.4, -0.2) is 66.6 Å². The second-order valence-corrected chi connectivity index (χ2v) is 4.71. The minimum atomic E-state index is -1.09. The smallest absolute Gasteiger partial charge is 0.320 e. The van der Waals surface area contributed by atoms with E-state index in [4.69, 9.17) is 10.8 Å². The summed E-state index contributed by atoms with van der Waals surface area (Å²) in [5.41, 5.74) is 5.30. The number of hydrogen-bond donors (Lipinski definition) is 4. The lowest BCUT2D eigenvalue weighted by atomic mass is 10.2. The van der Waals surface area contributed by atoms with Crippen LogP contribution in [0.25, 0.3) is 0 Å². The number of carboxylic acid groups (broad SMARTS) is 1. The summed E-state index contributed by atoms with van der Waals surface area (Å²) in [4.78, 5) is 35.5. The van der Waals surface area contributed by atoms with Gasteiger partial charge in [-0.15, -0.1) is 0 Å². The molecule has 8 heteroatoms. The van der Waals surface area contributed by atoms with Gasteiger partial charge >= 0.3 is 5.97 Å². The summed E-state index contributed by atoms with van der Waals surface area (Å²) < 4.78 is 0. The Morgan fingerprint density at radius 3 is 2.50 bits per heavy atom. The van der Waals surface area contributed by atoms with Gasteiger partial charge < -0.3 is 26.4 Å². The number of carbonyl (C=O) groups is 3. The first-order valence-corrected chi connectivity index (χ1v) is 6.74. The molecule has 1 rings (SSSR count). The maximum Gasteiger partial charge on any atom is 0.320 e. The third-order valence-corrected chi connectivity index (χ3v) is 3.13. The maximum atomic E-state index is 11.8. The molecule has 1 saturated heterocycles. The fourth-order valence-corrected chi connectivity index (χ4v) is 1.87. The molecular weight excluding hydrogens is 264 g/mol. The molecule has 0 aromatic rings. The Balaban J connectivity index is 2.13. The lowest BCUT2D eigenvalue weighted by Gasteiger charge is -2.27. The van der Waals surface area contributed by atoms with Gasteiger partial charge in [0, 0.05) is 45.6 Å². The average Bonchev–Trinajstić information content (AvgIpc) is 2.45. The van der Waals surface area contributed by atoms with E-state index in [0.717, 1.165) is 13.1 Å². The van der Waals surface area contributed by atoms with Gasteiger partial charge in [0.1, 0.15) is 6.04 Å². The lowest BCUT2D eigenvalue weighted by Crippen LogP contribution is -2.46. The maximum absolute atomic E-state index is 11.8. The van der Waals surface area contributed by atoms with Crippen LogP contribution in [0.4, 0.5) is 0 Å². The van der Waals surface area contributed by atoms with Crippen molar-refractivity contribution in [1.29, 1.82) is 0 Å². The van der Waals surface area contributed by atoms with Crippen molar-refractivity contribution < 1.29 is 19.5 Å². The zero-order valence-corrected chi connectivity index (χ0v) is 11.4. The fraction of sp³-hybridized carbons (Fsp3) is 0.750. The van der Waals surface area contributed by atoms with E-state index in [1.807, 2.05) is 0 Å². The number of amides is 2. The van der Waals surface area contributed by atoms with Gasteiger partial charge in [0.15, 0.2) is 0 Å². The summed E-state index contributed by atoms with van der Waals surface area (Å²) in [6.07, 6.45) is 0.467. The molecule has 1 heterocycles. The monoisotopic (exact) mass is 286 g/mol. The van der Waals surface area contributed by atoms with E-state index in [1.165, 1.54) is 0 Å². The number of aliphatic carboxylic acids is 1. The van der Waals surface area contributed by atoms with E-state index >= 15 is 0 Å². The molecule has 0 radical (unpaired) electrons. The molecule has 0 aromatic carbocycles. The Bertz CT molecular complexity index is 355. The average molecular weight is 286 g/mol. The quantitative estimate of drug-likeness (QED) is 0.434. The molecule has 8 nitrogen and oxygen atoms in total. The van der Waals surface area contributed by atoms with Crippen molar-refractivity contribution in [2.75, 3.05) is 32.7 Å². The highest BCUT2D eigenvalue weighted by Gasteiger charge is 2.17. The summed E-state index contributed by atoms with van der Waals surface area (Å²) in [5, 5.41) is 14.3. The van der Waals surface area contributed by atoms with Crippen molar-refractivity contribution in [3.05, 3.63) is 0 Å². The number of carboxylic acids is 1. The van der Waals surface area contributed by atoms with Gasteiger partial charge in [-0.25, -0.2) is 0 Å². The molecule has 0 spiro atoms. The number of nitrogens with zero attached hydrogens (tertiary/aromatic N) is 1. The Hall–Kier alpha value is -1.67. The summed E-state index contributed by atoms with van der Waals surface area (Å²) in [6.45, 7) is 3.12. The first-order valence-electron chi connectivity index (χ1n) is 6.74. The molecule has 0 bridgehead atoms. The molecule has 0 saturated carbocycles. The van der Waals surface area contributed by atoms with E-state index in [9.17, 15) is 14.4 Å². The number of hydrogen-bond acceptors (Lipinski definition) is 5. The number of nitrogens with one attached hydrogen (secondary N) is 2. The van der Waals surface area contributed by atoms with Crippen molar-refractivity contribution in [2.24, 2.45) is 5.73 Å². The SMILES string of the molecule is NC(CCNC(=O)CCC(=O)N1CCNCC1)C(=O)O. The number of piperazine rings is 1. The van der Waals surface area contributed by atoms with E-state index in [2.05, 4.69) is 10.6 Å². The highest BCUT2D eigenvalue weighted by molar-refractivity contribution is 5.83. The van der Waals surface area contributed by atoms with Crippen LogP contribution < -0.4 is 16.4 Å². The molecule has 1 aliphatic rings. The Morgan fingerprint density at radius 1 is 1.25 bits per heavy atom. The topological polar surface area (TPSA) is 125 Å². The molecule has 2 amide bonds. The zero-order valence-electron chi connectivity index (χ0n) is 11.4. The van der Waals surface area contributed by atoms with Crippen LogP contribution in [0.3, 0.4) is 0 Å². The Morgan fingerprint density at radius 2 is 1.90 bits per heavy atom. The van der Waals surface area contributed by atoms with Crippen molar-refractivity contribution in [2.45, 2.75) is 25.3 Å². The zero-order chi connectivity index (χ0) is 15.0. The molecule has 0 aliphatic carbocycles. The molecule has 1 atom stereocenters. The third kappa shape index (κ3) is 5.98. The molecule has 1 fully saturated rings. The Labute approximate surface area is 117 Å². The fourth-order valence-electron chi connectivity index (χ4n) is 1.87.